The minimum Gasteiger partial charge on any atom is -0.442 e. The van der Waals surface area contributed by atoms with Gasteiger partial charge in [0, 0.05) is 6.54 Å². The van der Waals surface area contributed by atoms with Crippen LogP contribution in [0.1, 0.15) is 27.7 Å². The van der Waals surface area contributed by atoms with E-state index in [1.54, 1.807) is 27.7 Å². The lowest BCUT2D eigenvalue weighted by Gasteiger charge is -2.20. The molecular formula is C13H28N2O6. The van der Waals surface area contributed by atoms with Gasteiger partial charge in [0.25, 0.3) is 0 Å². The first-order valence-electron chi connectivity index (χ1n) is 6.97. The molecule has 0 saturated carbocycles. The molecule has 1 atom stereocenters. The molecule has 0 aliphatic heterocycles. The van der Waals surface area contributed by atoms with Crippen LogP contribution in [0.25, 0.3) is 0 Å². The summed E-state index contributed by atoms with van der Waals surface area (Å²) in [7, 11) is 0. The number of nitrogens with two attached hydrogens (primary N) is 1. The van der Waals surface area contributed by atoms with Crippen LogP contribution in [0.5, 0.6) is 0 Å². The topological polar surface area (TPSA) is 101 Å². The first-order chi connectivity index (χ1) is 9.85. The van der Waals surface area contributed by atoms with E-state index in [4.69, 9.17) is 29.5 Å². The molecule has 21 heavy (non-hydrogen) atoms. The molecule has 0 saturated heterocycles. The number of carbonyl (C=O) groups is 1. The maximum absolute atomic E-state index is 11.3. The van der Waals surface area contributed by atoms with Crippen LogP contribution in [-0.2, 0) is 23.8 Å². The second-order valence-corrected chi connectivity index (χ2v) is 5.17. The number of amides is 1. The van der Waals surface area contributed by atoms with Gasteiger partial charge in [0.15, 0.2) is 6.29 Å². The van der Waals surface area contributed by atoms with Gasteiger partial charge in [-0.25, -0.2) is 9.63 Å². The van der Waals surface area contributed by atoms with Gasteiger partial charge < -0.3 is 24.7 Å². The molecule has 0 heterocycles. The molecule has 1 unspecified atom stereocenters. The summed E-state index contributed by atoms with van der Waals surface area (Å²) < 4.78 is 20.7. The van der Waals surface area contributed by atoms with Crippen LogP contribution in [0.2, 0.25) is 0 Å². The molecular weight excluding hydrogens is 280 g/mol. The summed E-state index contributed by atoms with van der Waals surface area (Å²) in [6.45, 7) is 9.72. The normalized spacial score (nSPS) is 13.0. The highest BCUT2D eigenvalue weighted by Crippen LogP contribution is 2.06. The van der Waals surface area contributed by atoms with Crippen molar-refractivity contribution in [3.8, 4) is 0 Å². The van der Waals surface area contributed by atoms with Gasteiger partial charge in [-0.15, -0.1) is 0 Å². The second kappa shape index (κ2) is 11.7. The van der Waals surface area contributed by atoms with Crippen LogP contribution in [0, 0.1) is 0 Å². The summed E-state index contributed by atoms with van der Waals surface area (Å²) in [6, 6.07) is 0. The molecule has 1 amide bonds. The predicted octanol–water partition coefficient (Wildman–Crippen LogP) is 0.797. The van der Waals surface area contributed by atoms with Gasteiger partial charge in [0.1, 0.15) is 5.60 Å². The predicted molar refractivity (Wildman–Crippen MR) is 76.6 cm³/mol. The molecule has 3 N–H and O–H groups in total. The van der Waals surface area contributed by atoms with E-state index in [-0.39, 0.29) is 0 Å². The van der Waals surface area contributed by atoms with Crippen molar-refractivity contribution >= 4 is 6.09 Å². The molecule has 0 aliphatic rings. The highest BCUT2D eigenvalue weighted by Gasteiger charge is 2.16. The summed E-state index contributed by atoms with van der Waals surface area (Å²) in [5.74, 6) is 0. The molecule has 0 bridgehead atoms. The Morgan fingerprint density at radius 1 is 1.10 bits per heavy atom. The number of hydroxylamine groups is 1. The zero-order valence-electron chi connectivity index (χ0n) is 13.3. The summed E-state index contributed by atoms with van der Waals surface area (Å²) in [5, 5.41) is 0. The lowest BCUT2D eigenvalue weighted by molar-refractivity contribution is -0.171. The van der Waals surface area contributed by atoms with E-state index in [0.717, 1.165) is 0 Å². The Balaban J connectivity index is 3.42. The van der Waals surface area contributed by atoms with Crippen molar-refractivity contribution in [1.82, 2.24) is 5.48 Å². The first kappa shape index (κ1) is 20.1. The Bertz CT molecular complexity index is 270. The van der Waals surface area contributed by atoms with E-state index < -0.39 is 18.0 Å². The van der Waals surface area contributed by atoms with Gasteiger partial charge >= 0.3 is 6.09 Å². The Labute approximate surface area is 126 Å². The van der Waals surface area contributed by atoms with Gasteiger partial charge in [-0.1, -0.05) is 0 Å². The third kappa shape index (κ3) is 15.3. The molecule has 0 aliphatic carbocycles. The highest BCUT2D eigenvalue weighted by molar-refractivity contribution is 5.66. The highest BCUT2D eigenvalue weighted by atomic mass is 16.8. The summed E-state index contributed by atoms with van der Waals surface area (Å²) >= 11 is 0. The van der Waals surface area contributed by atoms with Crippen molar-refractivity contribution in [2.45, 2.75) is 39.6 Å². The van der Waals surface area contributed by atoms with Crippen molar-refractivity contribution in [3.05, 3.63) is 0 Å². The molecule has 126 valence electrons. The van der Waals surface area contributed by atoms with E-state index in [1.807, 2.05) is 0 Å². The lowest BCUT2D eigenvalue weighted by Crippen LogP contribution is -2.35. The maximum Gasteiger partial charge on any atom is 0.431 e. The van der Waals surface area contributed by atoms with E-state index in [2.05, 4.69) is 5.48 Å². The molecule has 0 fully saturated rings. The Kier molecular flexibility index (Phi) is 11.2. The monoisotopic (exact) mass is 308 g/mol. The lowest BCUT2D eigenvalue weighted by atomic mass is 10.2. The molecule has 0 rings (SSSR count). The second-order valence-electron chi connectivity index (χ2n) is 5.17. The number of carbonyl (C=O) groups excluding carboxylic acids is 1. The van der Waals surface area contributed by atoms with Crippen LogP contribution < -0.4 is 11.2 Å². The van der Waals surface area contributed by atoms with Gasteiger partial charge in [0.2, 0.25) is 0 Å². The van der Waals surface area contributed by atoms with E-state index in [1.165, 1.54) is 0 Å². The standard InChI is InChI=1S/C13H28N2O6/c1-11(21-15-12(16)20-13(2,3)4)19-10-9-18-8-7-17-6-5-14/h11H,5-10,14H2,1-4H3,(H,15,16). The van der Waals surface area contributed by atoms with Crippen molar-refractivity contribution in [2.75, 3.05) is 39.6 Å². The molecule has 8 nitrogen and oxygen atoms in total. The average molecular weight is 308 g/mol. The largest absolute Gasteiger partial charge is 0.442 e. The van der Waals surface area contributed by atoms with Gasteiger partial charge in [-0.05, 0) is 27.7 Å². The minimum atomic E-state index is -0.661. The fourth-order valence-electron chi connectivity index (χ4n) is 1.14. The van der Waals surface area contributed by atoms with Gasteiger partial charge in [-0.2, -0.15) is 5.48 Å². The molecule has 0 radical (unpaired) electrons. The summed E-state index contributed by atoms with van der Waals surface area (Å²) in [4.78, 5) is 16.3. The zero-order chi connectivity index (χ0) is 16.1. The maximum atomic E-state index is 11.3. The molecule has 0 aromatic heterocycles. The van der Waals surface area contributed by atoms with Crippen LogP contribution in [0.15, 0.2) is 0 Å². The third-order valence-electron chi connectivity index (χ3n) is 1.92. The van der Waals surface area contributed by atoms with Crippen molar-refractivity contribution in [1.29, 1.82) is 0 Å². The van der Waals surface area contributed by atoms with Crippen molar-refractivity contribution in [3.63, 3.8) is 0 Å². The molecule has 0 aromatic carbocycles. The van der Waals surface area contributed by atoms with Gasteiger partial charge in [0.05, 0.1) is 33.0 Å². The Morgan fingerprint density at radius 2 is 1.67 bits per heavy atom. The van der Waals surface area contributed by atoms with Crippen LogP contribution >= 0.6 is 0 Å². The fraction of sp³-hybridized carbons (Fsp3) is 0.923. The van der Waals surface area contributed by atoms with Crippen molar-refractivity contribution < 1.29 is 28.6 Å². The summed E-state index contributed by atoms with van der Waals surface area (Å²) in [6.07, 6.45) is -1.26. The van der Waals surface area contributed by atoms with Gasteiger partial charge in [-0.3, -0.25) is 0 Å². The van der Waals surface area contributed by atoms with Crippen molar-refractivity contribution in [2.24, 2.45) is 5.73 Å². The Morgan fingerprint density at radius 3 is 2.24 bits per heavy atom. The van der Waals surface area contributed by atoms with E-state index >= 15 is 0 Å². The summed E-state index contributed by atoms with van der Waals surface area (Å²) in [5.41, 5.74) is 6.85. The number of hydrogen-bond donors (Lipinski definition) is 2. The fourth-order valence-corrected chi connectivity index (χ4v) is 1.14. The SMILES string of the molecule is CC(OCCOCCOCCN)ONC(=O)OC(C)(C)C. The number of nitrogens with one attached hydrogen (secondary N) is 1. The quantitative estimate of drug-likeness (QED) is 0.331. The molecule has 8 heteroatoms. The van der Waals surface area contributed by atoms with E-state index in [9.17, 15) is 4.79 Å². The molecule has 0 spiro atoms. The third-order valence-corrected chi connectivity index (χ3v) is 1.92. The number of hydrogen-bond acceptors (Lipinski definition) is 7. The van der Waals surface area contributed by atoms with Crippen LogP contribution in [0.4, 0.5) is 4.79 Å². The Hall–Kier alpha value is -0.930. The smallest absolute Gasteiger partial charge is 0.431 e. The number of rotatable bonds is 11. The average Bonchev–Trinajstić information content (AvgIpc) is 2.37. The molecule has 0 aromatic rings. The first-order valence-corrected chi connectivity index (χ1v) is 6.97. The number of ether oxygens (including phenoxy) is 4. The van der Waals surface area contributed by atoms with Crippen LogP contribution in [-0.4, -0.2) is 57.6 Å². The van der Waals surface area contributed by atoms with Crippen LogP contribution in [0.3, 0.4) is 0 Å². The zero-order valence-corrected chi connectivity index (χ0v) is 13.3. The van der Waals surface area contributed by atoms with E-state index in [0.29, 0.717) is 39.6 Å². The minimum absolute atomic E-state index is 0.341.